The van der Waals surface area contributed by atoms with E-state index in [2.05, 4.69) is 45.4 Å². The average molecular weight is 363 g/mol. The summed E-state index contributed by atoms with van der Waals surface area (Å²) in [4.78, 5) is 0. The van der Waals surface area contributed by atoms with Crippen molar-refractivity contribution in [3.8, 4) is 6.07 Å². The lowest BCUT2D eigenvalue weighted by molar-refractivity contribution is 0.128. The highest BCUT2D eigenvalue weighted by molar-refractivity contribution is 8.78. The highest BCUT2D eigenvalue weighted by atomic mass is 33.1. The monoisotopic (exact) mass is 362 g/mol. The maximum atomic E-state index is 8.77. The molecule has 22 heavy (non-hydrogen) atoms. The molecule has 0 aromatic rings. The SMILES string of the molecule is CC(C)N(C(C)C)P(OCCC#N)O[C@@H]1[C@H](C)SSC12CC2. The molecule has 1 unspecified atom stereocenters. The van der Waals surface area contributed by atoms with Gasteiger partial charge in [0.1, 0.15) is 0 Å². The molecular formula is C15H27N2O2PS2. The lowest BCUT2D eigenvalue weighted by atomic mass is 10.2. The van der Waals surface area contributed by atoms with Crippen molar-refractivity contribution >= 4 is 30.1 Å². The molecule has 2 aliphatic rings. The van der Waals surface area contributed by atoms with Crippen LogP contribution in [-0.4, -0.2) is 39.5 Å². The van der Waals surface area contributed by atoms with Crippen molar-refractivity contribution in [2.24, 2.45) is 0 Å². The molecule has 0 radical (unpaired) electrons. The summed E-state index contributed by atoms with van der Waals surface area (Å²) in [6, 6.07) is 2.88. The van der Waals surface area contributed by atoms with Crippen molar-refractivity contribution in [1.29, 1.82) is 5.26 Å². The molecule has 4 nitrogen and oxygen atoms in total. The molecule has 0 amide bonds. The van der Waals surface area contributed by atoms with Crippen LogP contribution in [0.5, 0.6) is 0 Å². The van der Waals surface area contributed by atoms with E-state index in [1.165, 1.54) is 12.8 Å². The zero-order valence-corrected chi connectivity index (χ0v) is 16.6. The van der Waals surface area contributed by atoms with Gasteiger partial charge in [0, 0.05) is 17.3 Å². The second-order valence-electron chi connectivity index (χ2n) is 6.52. The topological polar surface area (TPSA) is 45.5 Å². The third-order valence-electron chi connectivity index (χ3n) is 3.92. The van der Waals surface area contributed by atoms with E-state index >= 15 is 0 Å². The van der Waals surface area contributed by atoms with E-state index in [0.717, 1.165) is 0 Å². The first-order chi connectivity index (χ1) is 10.4. The minimum absolute atomic E-state index is 0.260. The number of nitrogens with zero attached hydrogens (tertiary/aromatic N) is 2. The van der Waals surface area contributed by atoms with Gasteiger partial charge in [-0.3, -0.25) is 0 Å². The fraction of sp³-hybridized carbons (Fsp3) is 0.933. The highest BCUT2D eigenvalue weighted by Gasteiger charge is 2.59. The number of hydrogen-bond donors (Lipinski definition) is 0. The number of rotatable bonds is 8. The third kappa shape index (κ3) is 4.32. The van der Waals surface area contributed by atoms with Gasteiger partial charge < -0.3 is 9.05 Å². The molecule has 1 saturated carbocycles. The molecule has 3 atom stereocenters. The molecule has 1 aliphatic carbocycles. The van der Waals surface area contributed by atoms with Crippen molar-refractivity contribution in [3.63, 3.8) is 0 Å². The number of nitriles is 1. The summed E-state index contributed by atoms with van der Waals surface area (Å²) in [6.45, 7) is 11.4. The molecule has 0 aromatic heterocycles. The Morgan fingerprint density at radius 1 is 1.32 bits per heavy atom. The summed E-state index contributed by atoms with van der Waals surface area (Å²) in [5, 5.41) is 9.27. The van der Waals surface area contributed by atoms with Crippen LogP contribution in [0.1, 0.15) is 53.9 Å². The Hall–Kier alpha value is 0.500. The van der Waals surface area contributed by atoms with Gasteiger partial charge in [-0.15, -0.1) is 0 Å². The summed E-state index contributed by atoms with van der Waals surface area (Å²) >= 11 is 0. The minimum Gasteiger partial charge on any atom is -0.321 e. The Morgan fingerprint density at radius 3 is 2.45 bits per heavy atom. The smallest absolute Gasteiger partial charge is 0.259 e. The Labute approximate surface area is 144 Å². The predicted octanol–water partition coefficient (Wildman–Crippen LogP) is 4.96. The number of hydrogen-bond acceptors (Lipinski definition) is 6. The third-order valence-corrected chi connectivity index (χ3v) is 9.85. The Morgan fingerprint density at radius 2 is 1.95 bits per heavy atom. The maximum absolute atomic E-state index is 8.77. The first kappa shape index (κ1) is 18.8. The quantitative estimate of drug-likeness (QED) is 0.345. The molecule has 2 fully saturated rings. The van der Waals surface area contributed by atoms with Crippen LogP contribution in [0, 0.1) is 11.3 Å². The van der Waals surface area contributed by atoms with Gasteiger partial charge in [0.05, 0.1) is 29.9 Å². The van der Waals surface area contributed by atoms with Crippen LogP contribution < -0.4 is 0 Å². The van der Waals surface area contributed by atoms with E-state index in [-0.39, 0.29) is 6.10 Å². The van der Waals surface area contributed by atoms with E-state index in [9.17, 15) is 0 Å². The molecule has 0 aromatic carbocycles. The van der Waals surface area contributed by atoms with Crippen LogP contribution in [-0.2, 0) is 9.05 Å². The van der Waals surface area contributed by atoms with E-state index in [0.29, 0.717) is 35.1 Å². The van der Waals surface area contributed by atoms with Gasteiger partial charge >= 0.3 is 0 Å². The predicted molar refractivity (Wildman–Crippen MR) is 96.7 cm³/mol. The van der Waals surface area contributed by atoms with Crippen LogP contribution in [0.4, 0.5) is 0 Å². The molecule has 0 bridgehead atoms. The van der Waals surface area contributed by atoms with Gasteiger partial charge in [-0.05, 0) is 47.5 Å². The van der Waals surface area contributed by atoms with E-state index < -0.39 is 8.53 Å². The second-order valence-corrected chi connectivity index (χ2v) is 10.9. The summed E-state index contributed by atoms with van der Waals surface area (Å²) in [5.41, 5.74) is 0. The second kappa shape index (κ2) is 8.05. The molecule has 1 aliphatic heterocycles. The van der Waals surface area contributed by atoms with E-state index in [1.54, 1.807) is 0 Å². The van der Waals surface area contributed by atoms with Crippen molar-refractivity contribution < 1.29 is 9.05 Å². The van der Waals surface area contributed by atoms with E-state index in [4.69, 9.17) is 14.3 Å². The molecular weight excluding hydrogens is 335 g/mol. The van der Waals surface area contributed by atoms with Crippen molar-refractivity contribution in [2.75, 3.05) is 6.61 Å². The van der Waals surface area contributed by atoms with Gasteiger partial charge in [-0.25, -0.2) is 4.67 Å². The van der Waals surface area contributed by atoms with Gasteiger partial charge in [0.25, 0.3) is 8.53 Å². The van der Waals surface area contributed by atoms with Crippen LogP contribution in [0.3, 0.4) is 0 Å². The Balaban J connectivity index is 2.08. The summed E-state index contributed by atoms with van der Waals surface area (Å²) in [5.74, 6) is 0. The molecule has 1 spiro atoms. The van der Waals surface area contributed by atoms with Crippen molar-refractivity contribution in [1.82, 2.24) is 4.67 Å². The molecule has 2 rings (SSSR count). The lowest BCUT2D eigenvalue weighted by Crippen LogP contribution is -2.37. The van der Waals surface area contributed by atoms with Gasteiger partial charge in [0.15, 0.2) is 0 Å². The summed E-state index contributed by atoms with van der Waals surface area (Å²) in [6.07, 6.45) is 3.19. The minimum atomic E-state index is -1.12. The van der Waals surface area contributed by atoms with Crippen LogP contribution in [0.25, 0.3) is 0 Å². The van der Waals surface area contributed by atoms with Crippen LogP contribution in [0.15, 0.2) is 0 Å². The largest absolute Gasteiger partial charge is 0.321 e. The van der Waals surface area contributed by atoms with Crippen LogP contribution in [0.2, 0.25) is 0 Å². The first-order valence-corrected chi connectivity index (χ1v) is 11.3. The van der Waals surface area contributed by atoms with Gasteiger partial charge in [-0.2, -0.15) is 5.26 Å². The van der Waals surface area contributed by atoms with Gasteiger partial charge in [-0.1, -0.05) is 21.6 Å². The Bertz CT molecular complexity index is 405. The maximum Gasteiger partial charge on any atom is 0.259 e. The van der Waals surface area contributed by atoms with Gasteiger partial charge in [0.2, 0.25) is 0 Å². The molecule has 1 heterocycles. The Kier molecular flexibility index (Phi) is 6.89. The fourth-order valence-electron chi connectivity index (χ4n) is 2.76. The summed E-state index contributed by atoms with van der Waals surface area (Å²) < 4.78 is 15.2. The normalized spacial score (nSPS) is 27.8. The summed E-state index contributed by atoms with van der Waals surface area (Å²) in [7, 11) is 2.84. The standard InChI is InChI=1S/C15H27N2O2PS2/c1-11(2)17(12(3)4)20(18-10-6-9-16)19-14-13(5)21-22-15(14)7-8-15/h11-14H,6-8,10H2,1-5H3/t13-,14+,20?/m0/s1. The molecule has 7 heteroatoms. The van der Waals surface area contributed by atoms with Crippen LogP contribution >= 0.6 is 30.1 Å². The fourth-order valence-corrected chi connectivity index (χ4v) is 8.38. The zero-order chi connectivity index (χ0) is 16.3. The van der Waals surface area contributed by atoms with Crippen molar-refractivity contribution in [2.45, 2.75) is 82.1 Å². The van der Waals surface area contributed by atoms with E-state index in [1.807, 2.05) is 21.6 Å². The zero-order valence-electron chi connectivity index (χ0n) is 14.1. The van der Waals surface area contributed by atoms with Crippen molar-refractivity contribution in [3.05, 3.63) is 0 Å². The first-order valence-electron chi connectivity index (χ1n) is 8.01. The highest BCUT2D eigenvalue weighted by Crippen LogP contribution is 2.67. The molecule has 0 N–H and O–H groups in total. The lowest BCUT2D eigenvalue weighted by Gasteiger charge is -2.38. The molecule has 126 valence electrons. The average Bonchev–Trinajstić information content (AvgIpc) is 3.15. The molecule has 1 saturated heterocycles.